The number of carbonyl (C=O) groups is 2. The number of hydrogen-bond acceptors (Lipinski definition) is 6. The number of carboxylic acid groups (broad SMARTS) is 1. The summed E-state index contributed by atoms with van der Waals surface area (Å²) in [5.74, 6) is -6.54. The number of pyridine rings is 1. The molecule has 2 heterocycles. The Morgan fingerprint density at radius 3 is 2.24 bits per heavy atom. The Balaban J connectivity index is 1.82. The lowest BCUT2D eigenvalue weighted by atomic mass is 9.92. The molecule has 4 rings (SSSR count). The molecule has 2 aromatic heterocycles. The molecule has 0 amide bonds. The first-order valence-electron chi connectivity index (χ1n) is 10.6. The van der Waals surface area contributed by atoms with E-state index in [1.54, 1.807) is 0 Å². The molecule has 0 aliphatic heterocycles. The first-order valence-corrected chi connectivity index (χ1v) is 10.6. The topological polar surface area (TPSA) is 106 Å². The molecule has 12 heteroatoms. The van der Waals surface area contributed by atoms with E-state index >= 15 is 4.39 Å². The number of carboxylic acids is 1. The number of Topliss-reactive ketones (excluding diaryl/α,β-unsaturated/α-hetero) is 1. The van der Waals surface area contributed by atoms with Crippen molar-refractivity contribution < 1.29 is 37.0 Å². The molecular formula is C25H16F4N3O5-. The van der Waals surface area contributed by atoms with E-state index in [1.807, 2.05) is 0 Å². The first kappa shape index (κ1) is 25.4. The summed E-state index contributed by atoms with van der Waals surface area (Å²) in [6.45, 7) is 0. The quantitative estimate of drug-likeness (QED) is 0.213. The van der Waals surface area contributed by atoms with E-state index in [2.05, 4.69) is 5.10 Å². The van der Waals surface area contributed by atoms with Gasteiger partial charge in [-0.15, -0.1) is 0 Å². The van der Waals surface area contributed by atoms with E-state index in [9.17, 15) is 32.7 Å². The highest BCUT2D eigenvalue weighted by Gasteiger charge is 2.38. The van der Waals surface area contributed by atoms with Crippen LogP contribution in [0.1, 0.15) is 27.7 Å². The molecule has 2 aromatic carbocycles. The Bertz CT molecular complexity index is 1540. The van der Waals surface area contributed by atoms with E-state index in [1.165, 1.54) is 61.8 Å². The Labute approximate surface area is 206 Å². The molecule has 8 nitrogen and oxygen atoms in total. The normalized spacial score (nSPS) is 12.2. The summed E-state index contributed by atoms with van der Waals surface area (Å²) in [6, 6.07) is 13.0. The van der Waals surface area contributed by atoms with Crippen molar-refractivity contribution >= 4 is 11.8 Å². The van der Waals surface area contributed by atoms with Crippen molar-refractivity contribution in [3.05, 3.63) is 106 Å². The Morgan fingerprint density at radius 1 is 1.00 bits per heavy atom. The molecule has 0 aliphatic carbocycles. The smallest absolute Gasteiger partial charge is 0.435 e. The number of aliphatic carboxylic acids is 1. The molecule has 37 heavy (non-hydrogen) atoms. The monoisotopic (exact) mass is 514 g/mol. The standard InChI is InChI=1S/C25H17F4N3O5/c1-37-16-8-5-14(6-9-16)32-19(13-20(30-32)25(27,28)29)23(34)22(24(35)36)17-10-7-15(12-18(17)26)31-11-3-2-4-21(31)33/h2-13,22H,1H3,(H,35,36)/p-1. The predicted molar refractivity (Wildman–Crippen MR) is 119 cm³/mol. The second-order valence-electron chi connectivity index (χ2n) is 7.75. The predicted octanol–water partition coefficient (Wildman–Crippen LogP) is 2.91. The van der Waals surface area contributed by atoms with Gasteiger partial charge in [0.1, 0.15) is 17.3 Å². The summed E-state index contributed by atoms with van der Waals surface area (Å²) in [6.07, 6.45) is -3.61. The van der Waals surface area contributed by atoms with Crippen LogP contribution in [0.15, 0.2) is 77.7 Å². The van der Waals surface area contributed by atoms with Crippen LogP contribution in [-0.2, 0) is 11.0 Å². The van der Waals surface area contributed by atoms with Crippen molar-refractivity contribution in [2.45, 2.75) is 12.1 Å². The average Bonchev–Trinajstić information content (AvgIpc) is 3.32. The Hall–Kier alpha value is -4.74. The van der Waals surface area contributed by atoms with E-state index in [0.717, 1.165) is 16.7 Å². The number of ether oxygens (including phenoxy) is 1. The fraction of sp³-hybridized carbons (Fsp3) is 0.120. The van der Waals surface area contributed by atoms with Crippen molar-refractivity contribution in [3.63, 3.8) is 0 Å². The molecule has 0 spiro atoms. The zero-order chi connectivity index (χ0) is 26.9. The SMILES string of the molecule is COc1ccc(-n2nc(C(F)(F)F)cc2C(=O)C(C(=O)[O-])c2ccc(-n3ccccc3=O)cc2F)cc1. The first-order chi connectivity index (χ1) is 17.5. The highest BCUT2D eigenvalue weighted by Crippen LogP contribution is 2.32. The minimum atomic E-state index is -4.96. The third-order valence-electron chi connectivity index (χ3n) is 5.46. The summed E-state index contributed by atoms with van der Waals surface area (Å²) in [4.78, 5) is 37.3. The van der Waals surface area contributed by atoms with Crippen molar-refractivity contribution in [3.8, 4) is 17.1 Å². The molecule has 0 aliphatic rings. The molecule has 0 fully saturated rings. The number of carbonyl (C=O) groups excluding carboxylic acids is 2. The summed E-state index contributed by atoms with van der Waals surface area (Å²) in [7, 11) is 1.37. The van der Waals surface area contributed by atoms with Crippen molar-refractivity contribution in [1.82, 2.24) is 14.3 Å². The van der Waals surface area contributed by atoms with Gasteiger partial charge in [0.25, 0.3) is 5.56 Å². The number of halogens is 4. The van der Waals surface area contributed by atoms with Gasteiger partial charge in [-0.2, -0.15) is 18.3 Å². The molecule has 0 radical (unpaired) electrons. The van der Waals surface area contributed by atoms with Crippen molar-refractivity contribution in [1.29, 1.82) is 0 Å². The number of ketones is 1. The van der Waals surface area contributed by atoms with Gasteiger partial charge in [0.05, 0.1) is 30.4 Å². The highest BCUT2D eigenvalue weighted by molar-refractivity contribution is 6.11. The van der Waals surface area contributed by atoms with E-state index in [4.69, 9.17) is 4.74 Å². The van der Waals surface area contributed by atoms with Crippen LogP contribution in [0.25, 0.3) is 11.4 Å². The van der Waals surface area contributed by atoms with Crippen molar-refractivity contribution in [2.24, 2.45) is 0 Å². The summed E-state index contributed by atoms with van der Waals surface area (Å²) in [5, 5.41) is 15.4. The van der Waals surface area contributed by atoms with Gasteiger partial charge in [-0.25, -0.2) is 9.07 Å². The fourth-order valence-corrected chi connectivity index (χ4v) is 3.68. The van der Waals surface area contributed by atoms with Crippen LogP contribution in [-0.4, -0.2) is 33.2 Å². The Morgan fingerprint density at radius 2 is 1.68 bits per heavy atom. The number of alkyl halides is 3. The van der Waals surface area contributed by atoms with Crippen LogP contribution < -0.4 is 15.4 Å². The van der Waals surface area contributed by atoms with Crippen LogP contribution in [0.3, 0.4) is 0 Å². The average molecular weight is 514 g/mol. The van der Waals surface area contributed by atoms with E-state index in [0.29, 0.717) is 16.5 Å². The molecule has 190 valence electrons. The number of hydrogen-bond donors (Lipinski definition) is 0. The minimum Gasteiger partial charge on any atom is -0.549 e. The number of aromatic nitrogens is 3. The van der Waals surface area contributed by atoms with Gasteiger partial charge < -0.3 is 14.6 Å². The second-order valence-corrected chi connectivity index (χ2v) is 7.75. The van der Waals surface area contributed by atoms with Gasteiger partial charge in [0.15, 0.2) is 11.5 Å². The maximum atomic E-state index is 15.1. The number of benzene rings is 2. The molecule has 0 N–H and O–H groups in total. The zero-order valence-corrected chi connectivity index (χ0v) is 18.9. The van der Waals surface area contributed by atoms with Gasteiger partial charge >= 0.3 is 6.18 Å². The van der Waals surface area contributed by atoms with Crippen LogP contribution >= 0.6 is 0 Å². The second kappa shape index (κ2) is 9.72. The molecule has 0 saturated carbocycles. The van der Waals surface area contributed by atoms with Crippen LogP contribution in [0.5, 0.6) is 5.75 Å². The molecule has 0 saturated heterocycles. The van der Waals surface area contributed by atoms with E-state index < -0.39 is 52.2 Å². The van der Waals surface area contributed by atoms with Gasteiger partial charge in [-0.1, -0.05) is 12.1 Å². The summed E-state index contributed by atoms with van der Waals surface area (Å²) in [5.41, 5.74) is -3.33. The number of rotatable bonds is 7. The zero-order valence-electron chi connectivity index (χ0n) is 18.9. The minimum absolute atomic E-state index is 0.00368. The van der Waals surface area contributed by atoms with Crippen LogP contribution in [0.4, 0.5) is 17.6 Å². The maximum absolute atomic E-state index is 15.1. The molecule has 1 atom stereocenters. The highest BCUT2D eigenvalue weighted by atomic mass is 19.4. The van der Waals surface area contributed by atoms with Gasteiger partial charge in [-0.3, -0.25) is 14.2 Å². The number of methoxy groups -OCH3 is 1. The largest absolute Gasteiger partial charge is 0.549 e. The van der Waals surface area contributed by atoms with Crippen LogP contribution in [0.2, 0.25) is 0 Å². The van der Waals surface area contributed by atoms with Gasteiger partial charge in [0.2, 0.25) is 0 Å². The number of nitrogens with zero attached hydrogens (tertiary/aromatic N) is 3. The van der Waals surface area contributed by atoms with Crippen molar-refractivity contribution in [2.75, 3.05) is 7.11 Å². The lowest BCUT2D eigenvalue weighted by molar-refractivity contribution is -0.306. The Kier molecular flexibility index (Phi) is 6.66. The fourth-order valence-electron chi connectivity index (χ4n) is 3.68. The third kappa shape index (κ3) is 4.99. The summed E-state index contributed by atoms with van der Waals surface area (Å²) >= 11 is 0. The molecule has 4 aromatic rings. The summed E-state index contributed by atoms with van der Waals surface area (Å²) < 4.78 is 62.1. The third-order valence-corrected chi connectivity index (χ3v) is 5.46. The molecule has 1 unspecified atom stereocenters. The lowest BCUT2D eigenvalue weighted by Crippen LogP contribution is -2.36. The van der Waals surface area contributed by atoms with Gasteiger partial charge in [0, 0.05) is 23.9 Å². The van der Waals surface area contributed by atoms with Crippen LogP contribution in [0, 0.1) is 5.82 Å². The maximum Gasteiger partial charge on any atom is 0.435 e. The molecular weight excluding hydrogens is 498 g/mol. The lowest BCUT2D eigenvalue weighted by Gasteiger charge is -2.19. The van der Waals surface area contributed by atoms with E-state index in [-0.39, 0.29) is 11.4 Å². The van der Waals surface area contributed by atoms with Gasteiger partial charge in [-0.05, 0) is 42.5 Å². The molecule has 0 bridgehead atoms.